The smallest absolute Gasteiger partial charge is 0.0167 e. The first-order valence-corrected chi connectivity index (χ1v) is 5.34. The predicted octanol–water partition coefficient (Wildman–Crippen LogP) is 0.675. The molecular formula is C10H18N2. The third-order valence-electron chi connectivity index (χ3n) is 4.32. The van der Waals surface area contributed by atoms with Crippen LogP contribution in [0.25, 0.3) is 0 Å². The number of rotatable bonds is 2. The van der Waals surface area contributed by atoms with Gasteiger partial charge in [0, 0.05) is 25.7 Å². The fourth-order valence-electron chi connectivity index (χ4n) is 3.87. The molecule has 2 bridgehead atoms. The van der Waals surface area contributed by atoms with Crippen LogP contribution in [0.2, 0.25) is 0 Å². The molecule has 4 atom stereocenters. The maximum atomic E-state index is 5.58. The van der Waals surface area contributed by atoms with Gasteiger partial charge in [0.05, 0.1) is 0 Å². The van der Waals surface area contributed by atoms with Crippen LogP contribution < -0.4 is 5.73 Å². The van der Waals surface area contributed by atoms with Crippen LogP contribution in [0.3, 0.4) is 0 Å². The number of hydrogen-bond acceptors (Lipinski definition) is 2. The zero-order valence-electron chi connectivity index (χ0n) is 7.58. The van der Waals surface area contributed by atoms with E-state index in [1.165, 1.54) is 25.8 Å². The number of nitrogens with two attached hydrogens (primary N) is 1. The van der Waals surface area contributed by atoms with Crippen LogP contribution in [-0.4, -0.2) is 30.6 Å². The lowest BCUT2D eigenvalue weighted by Gasteiger charge is -2.50. The van der Waals surface area contributed by atoms with E-state index in [1.807, 2.05) is 0 Å². The molecule has 0 aromatic heterocycles. The molecule has 1 saturated heterocycles. The summed E-state index contributed by atoms with van der Waals surface area (Å²) in [6.07, 6.45) is 4.58. The van der Waals surface area contributed by atoms with E-state index in [-0.39, 0.29) is 0 Å². The quantitative estimate of drug-likeness (QED) is 0.653. The molecule has 0 spiro atoms. The van der Waals surface area contributed by atoms with Gasteiger partial charge in [0.25, 0.3) is 0 Å². The van der Waals surface area contributed by atoms with Crippen molar-refractivity contribution in [2.24, 2.45) is 23.5 Å². The van der Waals surface area contributed by atoms with Gasteiger partial charge in [0.15, 0.2) is 0 Å². The second kappa shape index (κ2) is 2.46. The molecule has 3 rings (SSSR count). The van der Waals surface area contributed by atoms with E-state index in [2.05, 4.69) is 4.90 Å². The van der Waals surface area contributed by atoms with Crippen LogP contribution in [0.4, 0.5) is 0 Å². The topological polar surface area (TPSA) is 29.3 Å². The molecule has 68 valence electrons. The number of nitrogens with zero attached hydrogens (tertiary/aromatic N) is 1. The maximum absolute atomic E-state index is 5.58. The van der Waals surface area contributed by atoms with Gasteiger partial charge < -0.3 is 5.73 Å². The summed E-state index contributed by atoms with van der Waals surface area (Å²) in [6, 6.07) is 0.965. The second-order valence-corrected chi connectivity index (χ2v) is 4.77. The summed E-state index contributed by atoms with van der Waals surface area (Å²) in [4.78, 5) is 2.62. The largest absolute Gasteiger partial charge is 0.329 e. The van der Waals surface area contributed by atoms with Gasteiger partial charge in [0.2, 0.25) is 0 Å². The lowest BCUT2D eigenvalue weighted by molar-refractivity contribution is -0.0189. The van der Waals surface area contributed by atoms with E-state index in [0.717, 1.165) is 36.9 Å². The molecule has 2 saturated carbocycles. The Balaban J connectivity index is 1.70. The van der Waals surface area contributed by atoms with Crippen LogP contribution >= 0.6 is 0 Å². The number of hydrogen-bond donors (Lipinski definition) is 1. The molecule has 2 aliphatic carbocycles. The molecule has 2 heteroatoms. The summed E-state index contributed by atoms with van der Waals surface area (Å²) in [7, 11) is 0. The lowest BCUT2D eigenvalue weighted by atomic mass is 9.77. The first kappa shape index (κ1) is 7.34. The Morgan fingerprint density at radius 3 is 2.83 bits per heavy atom. The average Bonchev–Trinajstić information content (AvgIpc) is 2.54. The van der Waals surface area contributed by atoms with Gasteiger partial charge in [-0.3, -0.25) is 4.90 Å². The van der Waals surface area contributed by atoms with Crippen molar-refractivity contribution >= 4 is 0 Å². The first-order chi connectivity index (χ1) is 5.90. The molecule has 3 aliphatic rings. The second-order valence-electron chi connectivity index (χ2n) is 4.77. The fraction of sp³-hybridized carbons (Fsp3) is 1.00. The van der Waals surface area contributed by atoms with Crippen LogP contribution in [0.15, 0.2) is 0 Å². The fourth-order valence-corrected chi connectivity index (χ4v) is 3.87. The summed E-state index contributed by atoms with van der Waals surface area (Å²) in [5, 5.41) is 0. The van der Waals surface area contributed by atoms with Crippen molar-refractivity contribution in [3.8, 4) is 0 Å². The van der Waals surface area contributed by atoms with Crippen LogP contribution in [0.1, 0.15) is 19.3 Å². The van der Waals surface area contributed by atoms with Gasteiger partial charge in [-0.2, -0.15) is 0 Å². The van der Waals surface area contributed by atoms with Crippen molar-refractivity contribution in [1.29, 1.82) is 0 Å². The molecule has 4 unspecified atom stereocenters. The third kappa shape index (κ3) is 0.775. The highest BCUT2D eigenvalue weighted by molar-refractivity contribution is 5.08. The zero-order valence-corrected chi connectivity index (χ0v) is 7.58. The normalized spacial score (nSPS) is 50.8. The van der Waals surface area contributed by atoms with E-state index in [9.17, 15) is 0 Å². The van der Waals surface area contributed by atoms with Crippen LogP contribution in [-0.2, 0) is 0 Å². The van der Waals surface area contributed by atoms with E-state index in [1.54, 1.807) is 0 Å². The minimum atomic E-state index is 0.848. The molecule has 3 fully saturated rings. The minimum absolute atomic E-state index is 0.848. The van der Waals surface area contributed by atoms with Crippen molar-refractivity contribution in [3.63, 3.8) is 0 Å². The van der Waals surface area contributed by atoms with E-state index < -0.39 is 0 Å². The molecule has 1 aliphatic heterocycles. The molecule has 12 heavy (non-hydrogen) atoms. The molecule has 2 nitrogen and oxygen atoms in total. The van der Waals surface area contributed by atoms with E-state index in [4.69, 9.17) is 5.73 Å². The van der Waals surface area contributed by atoms with Gasteiger partial charge >= 0.3 is 0 Å². The molecule has 0 amide bonds. The number of likely N-dealkylation sites (tertiary alicyclic amines) is 1. The first-order valence-electron chi connectivity index (χ1n) is 5.34. The summed E-state index contributed by atoms with van der Waals surface area (Å²) in [5.74, 6) is 3.24. The summed E-state index contributed by atoms with van der Waals surface area (Å²) < 4.78 is 0. The van der Waals surface area contributed by atoms with Gasteiger partial charge in [-0.25, -0.2) is 0 Å². The van der Waals surface area contributed by atoms with E-state index >= 15 is 0 Å². The van der Waals surface area contributed by atoms with Gasteiger partial charge in [-0.05, 0) is 37.0 Å². The Kier molecular flexibility index (Phi) is 1.50. The predicted molar refractivity (Wildman–Crippen MR) is 48.7 cm³/mol. The zero-order chi connectivity index (χ0) is 8.13. The Hall–Kier alpha value is -0.0800. The van der Waals surface area contributed by atoms with Gasteiger partial charge in [0.1, 0.15) is 0 Å². The Morgan fingerprint density at radius 1 is 1.25 bits per heavy atom. The van der Waals surface area contributed by atoms with Gasteiger partial charge in [-0.1, -0.05) is 0 Å². The summed E-state index contributed by atoms with van der Waals surface area (Å²) in [6.45, 7) is 3.36. The molecule has 0 aromatic rings. The standard InChI is InChI=1S/C10H18N2/c11-3-4-12-6-9-7-1-2-8(5-7)10(9)12/h7-10H,1-6,11H2. The molecule has 0 radical (unpaired) electrons. The van der Waals surface area contributed by atoms with Crippen LogP contribution in [0.5, 0.6) is 0 Å². The van der Waals surface area contributed by atoms with Gasteiger partial charge in [-0.15, -0.1) is 0 Å². The monoisotopic (exact) mass is 166 g/mol. The summed E-state index contributed by atoms with van der Waals surface area (Å²) in [5.41, 5.74) is 5.58. The third-order valence-corrected chi connectivity index (χ3v) is 4.32. The lowest BCUT2D eigenvalue weighted by Crippen LogP contribution is -2.59. The van der Waals surface area contributed by atoms with Crippen LogP contribution in [0, 0.1) is 17.8 Å². The Labute approximate surface area is 74.1 Å². The highest BCUT2D eigenvalue weighted by Gasteiger charge is 2.55. The van der Waals surface area contributed by atoms with E-state index in [0.29, 0.717) is 0 Å². The molecule has 1 heterocycles. The Bertz CT molecular complexity index is 190. The van der Waals surface area contributed by atoms with Crippen molar-refractivity contribution in [2.45, 2.75) is 25.3 Å². The average molecular weight is 166 g/mol. The van der Waals surface area contributed by atoms with Crippen molar-refractivity contribution in [3.05, 3.63) is 0 Å². The summed E-state index contributed by atoms with van der Waals surface area (Å²) >= 11 is 0. The van der Waals surface area contributed by atoms with Crippen molar-refractivity contribution in [1.82, 2.24) is 4.90 Å². The maximum Gasteiger partial charge on any atom is 0.0167 e. The highest BCUT2D eigenvalue weighted by Crippen LogP contribution is 2.55. The molecule has 2 N–H and O–H groups in total. The van der Waals surface area contributed by atoms with Crippen molar-refractivity contribution in [2.75, 3.05) is 19.6 Å². The van der Waals surface area contributed by atoms with Crippen molar-refractivity contribution < 1.29 is 0 Å². The molecular weight excluding hydrogens is 148 g/mol. The number of fused-ring (bicyclic) bond motifs is 5. The SMILES string of the molecule is NCCN1CC2C3CCC(C3)C21. The Morgan fingerprint density at radius 2 is 2.08 bits per heavy atom. The molecule has 0 aromatic carbocycles. The minimum Gasteiger partial charge on any atom is -0.329 e. The highest BCUT2D eigenvalue weighted by atomic mass is 15.2.